The molecule has 2 aromatic carbocycles. The summed E-state index contributed by atoms with van der Waals surface area (Å²) in [5.74, 6) is -0.158. The van der Waals surface area contributed by atoms with Crippen molar-refractivity contribution < 1.29 is 9.59 Å². The summed E-state index contributed by atoms with van der Waals surface area (Å²) in [4.78, 5) is 23.8. The van der Waals surface area contributed by atoms with Gasteiger partial charge < -0.3 is 5.32 Å². The number of nitrogens with one attached hydrogen (secondary N) is 1. The first kappa shape index (κ1) is 15.6. The van der Waals surface area contributed by atoms with Crippen LogP contribution in [0.2, 0.25) is 5.02 Å². The van der Waals surface area contributed by atoms with E-state index in [1.165, 1.54) is 0 Å². The number of anilines is 1. The van der Waals surface area contributed by atoms with Crippen molar-refractivity contribution in [1.29, 1.82) is 0 Å². The van der Waals surface area contributed by atoms with Crippen LogP contribution in [0.5, 0.6) is 0 Å². The highest BCUT2D eigenvalue weighted by atomic mass is 35.5. The van der Waals surface area contributed by atoms with Crippen LogP contribution in [-0.4, -0.2) is 16.8 Å². The SMILES string of the molecule is Cc1ccc(Cl)cc1NC(=O)CSC(=O)c1ccccc1. The first-order valence-electron chi connectivity index (χ1n) is 6.34. The highest BCUT2D eigenvalue weighted by Crippen LogP contribution is 2.20. The number of benzene rings is 2. The fourth-order valence-electron chi connectivity index (χ4n) is 1.70. The molecule has 0 bridgehead atoms. The number of amides is 1. The molecule has 0 aliphatic rings. The average molecular weight is 320 g/mol. The molecule has 2 rings (SSSR count). The van der Waals surface area contributed by atoms with E-state index >= 15 is 0 Å². The molecule has 21 heavy (non-hydrogen) atoms. The Morgan fingerprint density at radius 3 is 2.57 bits per heavy atom. The summed E-state index contributed by atoms with van der Waals surface area (Å²) in [6, 6.07) is 14.2. The number of aryl methyl sites for hydroxylation is 1. The maximum absolute atomic E-state index is 11.9. The number of carbonyl (C=O) groups excluding carboxylic acids is 2. The molecule has 0 fully saturated rings. The van der Waals surface area contributed by atoms with Crippen LogP contribution in [0.25, 0.3) is 0 Å². The zero-order valence-electron chi connectivity index (χ0n) is 11.4. The molecule has 0 unspecified atom stereocenters. The normalized spacial score (nSPS) is 10.2. The molecule has 0 aromatic heterocycles. The molecule has 0 aliphatic heterocycles. The highest BCUT2D eigenvalue weighted by molar-refractivity contribution is 8.14. The van der Waals surface area contributed by atoms with E-state index in [-0.39, 0.29) is 16.8 Å². The van der Waals surface area contributed by atoms with Gasteiger partial charge >= 0.3 is 0 Å². The van der Waals surface area contributed by atoms with E-state index in [4.69, 9.17) is 11.6 Å². The molecule has 2 aromatic rings. The van der Waals surface area contributed by atoms with Gasteiger partial charge in [-0.15, -0.1) is 0 Å². The highest BCUT2D eigenvalue weighted by Gasteiger charge is 2.10. The van der Waals surface area contributed by atoms with Crippen LogP contribution in [0.15, 0.2) is 48.5 Å². The largest absolute Gasteiger partial charge is 0.325 e. The van der Waals surface area contributed by atoms with E-state index in [1.54, 1.807) is 36.4 Å². The smallest absolute Gasteiger partial charge is 0.234 e. The lowest BCUT2D eigenvalue weighted by Gasteiger charge is -2.08. The molecular weight excluding hydrogens is 306 g/mol. The maximum Gasteiger partial charge on any atom is 0.234 e. The van der Waals surface area contributed by atoms with E-state index in [0.717, 1.165) is 17.3 Å². The van der Waals surface area contributed by atoms with Gasteiger partial charge in [0, 0.05) is 16.3 Å². The first-order valence-corrected chi connectivity index (χ1v) is 7.71. The number of thioether (sulfide) groups is 1. The Balaban J connectivity index is 1.91. The van der Waals surface area contributed by atoms with Gasteiger partial charge in [0.1, 0.15) is 0 Å². The van der Waals surface area contributed by atoms with Crippen molar-refractivity contribution in [3.63, 3.8) is 0 Å². The fraction of sp³-hybridized carbons (Fsp3) is 0.125. The number of hydrogen-bond acceptors (Lipinski definition) is 3. The third kappa shape index (κ3) is 4.62. The van der Waals surface area contributed by atoms with Gasteiger partial charge in [-0.05, 0) is 24.6 Å². The van der Waals surface area contributed by atoms with Gasteiger partial charge in [-0.2, -0.15) is 0 Å². The third-order valence-electron chi connectivity index (χ3n) is 2.82. The summed E-state index contributed by atoms with van der Waals surface area (Å²) >= 11 is 6.88. The minimum Gasteiger partial charge on any atom is -0.325 e. The predicted molar refractivity (Wildman–Crippen MR) is 88.0 cm³/mol. The maximum atomic E-state index is 11.9. The van der Waals surface area contributed by atoms with Gasteiger partial charge in [0.05, 0.1) is 5.75 Å². The minimum atomic E-state index is -0.227. The fourth-order valence-corrected chi connectivity index (χ4v) is 2.51. The second-order valence-electron chi connectivity index (χ2n) is 4.45. The number of carbonyl (C=O) groups is 2. The monoisotopic (exact) mass is 319 g/mol. The minimum absolute atomic E-state index is 0.0691. The Kier molecular flexibility index (Phi) is 5.42. The van der Waals surface area contributed by atoms with Crippen molar-refractivity contribution in [3.05, 3.63) is 64.7 Å². The Bertz CT molecular complexity index is 659. The summed E-state index contributed by atoms with van der Waals surface area (Å²) in [6.07, 6.45) is 0. The van der Waals surface area contributed by atoms with Crippen LogP contribution in [-0.2, 0) is 4.79 Å². The molecule has 0 spiro atoms. The molecule has 3 nitrogen and oxygen atoms in total. The zero-order chi connectivity index (χ0) is 15.2. The lowest BCUT2D eigenvalue weighted by molar-refractivity contribution is -0.113. The molecule has 0 saturated heterocycles. The standard InChI is InChI=1S/C16H14ClNO2S/c1-11-7-8-13(17)9-14(11)18-15(19)10-21-16(20)12-5-3-2-4-6-12/h2-9H,10H2,1H3,(H,18,19). The van der Waals surface area contributed by atoms with Crippen molar-refractivity contribution in [3.8, 4) is 0 Å². The van der Waals surface area contributed by atoms with E-state index in [1.807, 2.05) is 19.1 Å². The van der Waals surface area contributed by atoms with Crippen LogP contribution in [0.4, 0.5) is 5.69 Å². The summed E-state index contributed by atoms with van der Waals surface area (Å²) in [6.45, 7) is 1.88. The van der Waals surface area contributed by atoms with Gasteiger partial charge in [-0.3, -0.25) is 9.59 Å². The molecule has 5 heteroatoms. The quantitative estimate of drug-likeness (QED) is 0.920. The van der Waals surface area contributed by atoms with E-state index in [9.17, 15) is 9.59 Å². The van der Waals surface area contributed by atoms with Crippen molar-refractivity contribution in [2.75, 3.05) is 11.1 Å². The van der Waals surface area contributed by atoms with Gasteiger partial charge in [-0.25, -0.2) is 0 Å². The van der Waals surface area contributed by atoms with Crippen LogP contribution in [0, 0.1) is 6.92 Å². The molecule has 0 saturated carbocycles. The summed E-state index contributed by atoms with van der Waals surface area (Å²) in [5.41, 5.74) is 2.18. The van der Waals surface area contributed by atoms with Gasteiger partial charge in [0.15, 0.2) is 0 Å². The van der Waals surface area contributed by atoms with E-state index < -0.39 is 0 Å². The Hall–Kier alpha value is -1.78. The molecule has 0 heterocycles. The van der Waals surface area contributed by atoms with Crippen molar-refractivity contribution >= 4 is 40.1 Å². The van der Waals surface area contributed by atoms with Crippen molar-refractivity contribution in [1.82, 2.24) is 0 Å². The molecule has 108 valence electrons. The van der Waals surface area contributed by atoms with Crippen molar-refractivity contribution in [2.45, 2.75) is 6.92 Å². The van der Waals surface area contributed by atoms with Crippen molar-refractivity contribution in [2.24, 2.45) is 0 Å². The summed E-state index contributed by atoms with van der Waals surface area (Å²) in [7, 11) is 0. The first-order chi connectivity index (χ1) is 10.1. The van der Waals surface area contributed by atoms with Gasteiger partial charge in [-0.1, -0.05) is 59.8 Å². The van der Waals surface area contributed by atoms with E-state index in [2.05, 4.69) is 5.32 Å². The molecule has 0 atom stereocenters. The Labute approximate surface area is 132 Å². The molecule has 1 N–H and O–H groups in total. The molecule has 0 radical (unpaired) electrons. The lowest BCUT2D eigenvalue weighted by Crippen LogP contribution is -2.16. The lowest BCUT2D eigenvalue weighted by atomic mass is 10.2. The van der Waals surface area contributed by atoms with Crippen LogP contribution in [0.3, 0.4) is 0 Å². The zero-order valence-corrected chi connectivity index (χ0v) is 13.0. The average Bonchev–Trinajstić information content (AvgIpc) is 2.49. The van der Waals surface area contributed by atoms with Crippen LogP contribution in [0.1, 0.15) is 15.9 Å². The summed E-state index contributed by atoms with van der Waals surface area (Å²) in [5, 5.41) is 3.20. The number of rotatable bonds is 4. The van der Waals surface area contributed by atoms with Crippen LogP contribution < -0.4 is 5.32 Å². The predicted octanol–water partition coefficient (Wildman–Crippen LogP) is 4.16. The third-order valence-corrected chi connectivity index (χ3v) is 3.96. The molecule has 1 amide bonds. The number of hydrogen-bond donors (Lipinski definition) is 1. The Morgan fingerprint density at radius 1 is 1.14 bits per heavy atom. The van der Waals surface area contributed by atoms with Gasteiger partial charge in [0.25, 0.3) is 0 Å². The molecular formula is C16H14ClNO2S. The molecule has 0 aliphatic carbocycles. The van der Waals surface area contributed by atoms with Gasteiger partial charge in [0.2, 0.25) is 11.0 Å². The second kappa shape index (κ2) is 7.29. The van der Waals surface area contributed by atoms with E-state index in [0.29, 0.717) is 16.3 Å². The second-order valence-corrected chi connectivity index (χ2v) is 5.83. The number of halogens is 1. The summed E-state index contributed by atoms with van der Waals surface area (Å²) < 4.78 is 0. The topological polar surface area (TPSA) is 46.2 Å². The van der Waals surface area contributed by atoms with Crippen LogP contribution >= 0.6 is 23.4 Å². The Morgan fingerprint density at radius 2 is 1.86 bits per heavy atom.